The Hall–Kier alpha value is -3.50. The predicted octanol–water partition coefficient (Wildman–Crippen LogP) is 3.94. The lowest BCUT2D eigenvalue weighted by Crippen LogP contribution is -2.52. The quantitative estimate of drug-likeness (QED) is 0.280. The average Bonchev–Trinajstić information content (AvgIpc) is 3.16. The van der Waals surface area contributed by atoms with Crippen molar-refractivity contribution in [3.63, 3.8) is 0 Å². The molecule has 0 aromatic heterocycles. The van der Waals surface area contributed by atoms with Crippen molar-refractivity contribution in [1.29, 1.82) is 0 Å². The molecule has 10 nitrogen and oxygen atoms in total. The van der Waals surface area contributed by atoms with Crippen molar-refractivity contribution in [2.75, 3.05) is 6.61 Å². The second-order valence-electron chi connectivity index (χ2n) is 12.3. The first-order valence-corrected chi connectivity index (χ1v) is 14.6. The Morgan fingerprint density at radius 1 is 0.907 bits per heavy atom. The molecule has 8 atom stereocenters. The summed E-state index contributed by atoms with van der Waals surface area (Å²) >= 11 is 0. The fourth-order valence-corrected chi connectivity index (χ4v) is 6.22. The van der Waals surface area contributed by atoms with Gasteiger partial charge in [-0.1, -0.05) is 64.1 Å². The van der Waals surface area contributed by atoms with E-state index in [1.807, 2.05) is 26.8 Å². The third kappa shape index (κ3) is 8.12. The summed E-state index contributed by atoms with van der Waals surface area (Å²) in [6.45, 7) is 10.5. The first-order valence-electron chi connectivity index (χ1n) is 14.6. The lowest BCUT2D eigenvalue weighted by Gasteiger charge is -2.41. The van der Waals surface area contributed by atoms with Crippen LogP contribution in [0.3, 0.4) is 0 Å². The van der Waals surface area contributed by atoms with Gasteiger partial charge in [0.1, 0.15) is 30.0 Å². The van der Waals surface area contributed by atoms with Crippen molar-refractivity contribution in [3.8, 4) is 0 Å². The van der Waals surface area contributed by atoms with E-state index in [2.05, 4.69) is 0 Å². The molecule has 2 aliphatic rings. The van der Waals surface area contributed by atoms with Crippen LogP contribution < -0.4 is 0 Å². The average molecular weight is 601 g/mol. The monoisotopic (exact) mass is 600 g/mol. The van der Waals surface area contributed by atoms with Crippen LogP contribution in [0, 0.1) is 23.2 Å². The van der Waals surface area contributed by atoms with Gasteiger partial charge in [0.25, 0.3) is 0 Å². The Kier molecular flexibility index (Phi) is 11.0. The lowest BCUT2D eigenvalue weighted by atomic mass is 9.75. The molecule has 1 saturated carbocycles. The summed E-state index contributed by atoms with van der Waals surface area (Å²) in [7, 11) is 0. The van der Waals surface area contributed by atoms with Crippen LogP contribution in [0.4, 0.5) is 0 Å². The molecular formula is C33H44O10. The molecule has 0 unspecified atom stereocenters. The fraction of sp³-hybridized carbons (Fsp3) is 0.576. The smallest absolute Gasteiger partial charge is 0.338 e. The molecule has 1 aromatic rings. The number of carbonyl (C=O) groups is 4. The third-order valence-electron chi connectivity index (χ3n) is 8.35. The zero-order valence-corrected chi connectivity index (χ0v) is 25.9. The maximum atomic E-state index is 13.2. The Balaban J connectivity index is 2.25. The Labute approximate surface area is 253 Å². The molecule has 1 aromatic carbocycles. The van der Waals surface area contributed by atoms with Gasteiger partial charge in [-0.15, -0.1) is 0 Å². The minimum atomic E-state index is -1.74. The van der Waals surface area contributed by atoms with E-state index in [1.54, 1.807) is 49.4 Å². The summed E-state index contributed by atoms with van der Waals surface area (Å²) < 4.78 is 23.1. The highest BCUT2D eigenvalue weighted by Crippen LogP contribution is 2.49. The van der Waals surface area contributed by atoms with Crippen molar-refractivity contribution in [2.45, 2.75) is 91.3 Å². The summed E-state index contributed by atoms with van der Waals surface area (Å²) in [6, 6.07) is 8.42. The van der Waals surface area contributed by atoms with Gasteiger partial charge >= 0.3 is 23.9 Å². The van der Waals surface area contributed by atoms with Gasteiger partial charge in [-0.05, 0) is 30.0 Å². The van der Waals surface area contributed by atoms with Crippen molar-refractivity contribution >= 4 is 23.9 Å². The molecule has 43 heavy (non-hydrogen) atoms. The molecule has 236 valence electrons. The second-order valence-corrected chi connectivity index (χ2v) is 12.3. The summed E-state index contributed by atoms with van der Waals surface area (Å²) in [4.78, 5) is 49.9. The zero-order valence-electron chi connectivity index (χ0n) is 25.9. The maximum absolute atomic E-state index is 13.2. The molecule has 0 aliphatic heterocycles. The van der Waals surface area contributed by atoms with E-state index in [-0.39, 0.29) is 18.4 Å². The van der Waals surface area contributed by atoms with E-state index in [1.165, 1.54) is 20.8 Å². The van der Waals surface area contributed by atoms with Crippen LogP contribution in [0.2, 0.25) is 0 Å². The SMILES string of the molecule is CC(=O)O[C@@H]1C[C@@H](OC(C)=O)C(C)(C)C=C[C@H](C)[C@H](OC(C)=O)[C@@]2(O)C[C@H](C)[C@H](OC(=O)c3ccccc3)[C@@H]2C=C1CO. The van der Waals surface area contributed by atoms with Gasteiger partial charge in [0, 0.05) is 44.4 Å². The van der Waals surface area contributed by atoms with Crippen LogP contribution in [0.1, 0.15) is 71.7 Å². The van der Waals surface area contributed by atoms with E-state index in [0.717, 1.165) is 0 Å². The van der Waals surface area contributed by atoms with Crippen LogP contribution >= 0.6 is 0 Å². The third-order valence-corrected chi connectivity index (χ3v) is 8.35. The van der Waals surface area contributed by atoms with Gasteiger partial charge in [-0.2, -0.15) is 0 Å². The van der Waals surface area contributed by atoms with Gasteiger partial charge in [0.2, 0.25) is 0 Å². The Morgan fingerprint density at radius 2 is 1.51 bits per heavy atom. The fourth-order valence-electron chi connectivity index (χ4n) is 6.22. The van der Waals surface area contributed by atoms with Gasteiger partial charge in [0.05, 0.1) is 12.2 Å². The Bertz CT molecular complexity index is 1240. The number of fused-ring (bicyclic) bond motifs is 1. The van der Waals surface area contributed by atoms with Gasteiger partial charge < -0.3 is 29.2 Å². The number of rotatable bonds is 6. The Morgan fingerprint density at radius 3 is 2.07 bits per heavy atom. The molecule has 0 bridgehead atoms. The first kappa shape index (κ1) is 34.0. The van der Waals surface area contributed by atoms with Crippen LogP contribution in [0.5, 0.6) is 0 Å². The van der Waals surface area contributed by atoms with Crippen molar-refractivity contribution in [2.24, 2.45) is 23.2 Å². The van der Waals surface area contributed by atoms with Crippen molar-refractivity contribution in [1.82, 2.24) is 0 Å². The maximum Gasteiger partial charge on any atom is 0.338 e. The van der Waals surface area contributed by atoms with E-state index in [0.29, 0.717) is 5.56 Å². The molecule has 2 N–H and O–H groups in total. The highest BCUT2D eigenvalue weighted by atomic mass is 16.6. The number of esters is 4. The summed E-state index contributed by atoms with van der Waals surface area (Å²) in [5.74, 6) is -4.27. The first-order chi connectivity index (χ1) is 20.1. The molecule has 0 heterocycles. The minimum absolute atomic E-state index is 0.0137. The molecule has 1 fully saturated rings. The van der Waals surface area contributed by atoms with Crippen LogP contribution in [0.25, 0.3) is 0 Å². The topological polar surface area (TPSA) is 146 Å². The number of carbonyl (C=O) groups excluding carboxylic acids is 4. The van der Waals surface area contributed by atoms with Crippen molar-refractivity contribution < 1.29 is 48.3 Å². The predicted molar refractivity (Wildman–Crippen MR) is 156 cm³/mol. The highest BCUT2D eigenvalue weighted by Gasteiger charge is 2.58. The second kappa shape index (κ2) is 13.9. The van der Waals surface area contributed by atoms with E-state index in [4.69, 9.17) is 18.9 Å². The van der Waals surface area contributed by atoms with E-state index >= 15 is 0 Å². The lowest BCUT2D eigenvalue weighted by molar-refractivity contribution is -0.173. The summed E-state index contributed by atoms with van der Waals surface area (Å²) in [6.07, 6.45) is 1.49. The molecular weight excluding hydrogens is 556 g/mol. The number of hydrogen-bond acceptors (Lipinski definition) is 10. The molecule has 2 aliphatic carbocycles. The number of hydrogen-bond donors (Lipinski definition) is 2. The van der Waals surface area contributed by atoms with E-state index in [9.17, 15) is 29.4 Å². The zero-order chi connectivity index (χ0) is 32.1. The molecule has 10 heteroatoms. The van der Waals surface area contributed by atoms with Gasteiger partial charge in [-0.3, -0.25) is 14.4 Å². The number of benzene rings is 1. The molecule has 0 radical (unpaired) electrons. The summed E-state index contributed by atoms with van der Waals surface area (Å²) in [5.41, 5.74) is -1.99. The molecule has 0 spiro atoms. The standard InChI is InChI=1S/C33H44O10/c1-19-13-14-32(6,7)28(41-22(4)36)16-27(40-21(3)35)25(18-34)15-26-29(43-31(38)24-11-9-8-10-12-24)20(2)17-33(26,39)30(19)42-23(5)37/h8-15,19-20,26-30,34,39H,16-18H2,1-7H3/t19-,20-,26-,27+,28+,29-,30-,33+/m0/s1. The number of ether oxygens (including phenoxy) is 4. The molecule has 0 amide bonds. The van der Waals surface area contributed by atoms with E-state index < -0.39 is 83.7 Å². The normalized spacial score (nSPS) is 32.2. The van der Waals surface area contributed by atoms with Crippen LogP contribution in [-0.4, -0.2) is 70.7 Å². The van der Waals surface area contributed by atoms with Crippen LogP contribution in [-0.2, 0) is 33.3 Å². The molecule has 3 rings (SSSR count). The summed E-state index contributed by atoms with van der Waals surface area (Å²) in [5, 5.41) is 23.1. The highest BCUT2D eigenvalue weighted by molar-refractivity contribution is 5.89. The van der Waals surface area contributed by atoms with Gasteiger partial charge in [0.15, 0.2) is 0 Å². The number of aliphatic hydroxyl groups excluding tert-OH is 1. The largest absolute Gasteiger partial charge is 0.461 e. The van der Waals surface area contributed by atoms with Crippen LogP contribution in [0.15, 0.2) is 54.1 Å². The minimum Gasteiger partial charge on any atom is -0.461 e. The van der Waals surface area contributed by atoms with Gasteiger partial charge in [-0.25, -0.2) is 4.79 Å². The number of aliphatic hydroxyl groups is 2. The molecule has 0 saturated heterocycles. The van der Waals surface area contributed by atoms with Crippen molar-refractivity contribution in [3.05, 3.63) is 59.7 Å².